The zero-order valence-electron chi connectivity index (χ0n) is 16.4. The maximum atomic E-state index is 14.2. The number of nitrogens with one attached hydrogen (secondary N) is 1. The van der Waals surface area contributed by atoms with Gasteiger partial charge in [-0.1, -0.05) is 24.3 Å². The number of carbonyl (C=O) groups excluding carboxylic acids is 3. The summed E-state index contributed by atoms with van der Waals surface area (Å²) in [6.07, 6.45) is -0.148. The molecule has 1 aliphatic heterocycles. The highest BCUT2D eigenvalue weighted by molar-refractivity contribution is 6.39. The van der Waals surface area contributed by atoms with Crippen molar-refractivity contribution >= 4 is 35.6 Å². The number of imide groups is 2. The molecule has 0 aromatic heterocycles. The monoisotopic (exact) mass is 428 g/mol. The highest BCUT2D eigenvalue weighted by Crippen LogP contribution is 2.34. The van der Waals surface area contributed by atoms with E-state index in [0.29, 0.717) is 4.90 Å². The number of nitrogens with zero attached hydrogens (tertiary/aromatic N) is 1. The molecule has 0 radical (unpaired) electrons. The van der Waals surface area contributed by atoms with Crippen molar-refractivity contribution < 1.29 is 38.1 Å². The molecule has 2 aromatic carbocycles. The summed E-state index contributed by atoms with van der Waals surface area (Å²) in [5.74, 6) is -4.00. The predicted octanol–water partition coefficient (Wildman–Crippen LogP) is 2.35. The lowest BCUT2D eigenvalue weighted by Gasteiger charge is -2.26. The number of rotatable bonds is 6. The van der Waals surface area contributed by atoms with Crippen LogP contribution in [-0.2, 0) is 14.4 Å². The number of halogens is 1. The minimum atomic E-state index is -1.26. The molecule has 1 aliphatic rings. The summed E-state index contributed by atoms with van der Waals surface area (Å²) in [5.41, 5.74) is -0.664. The van der Waals surface area contributed by atoms with Crippen LogP contribution in [0.5, 0.6) is 11.5 Å². The molecule has 160 valence electrons. The minimum absolute atomic E-state index is 0.0256. The van der Waals surface area contributed by atoms with E-state index >= 15 is 0 Å². The van der Waals surface area contributed by atoms with Crippen LogP contribution in [0, 0.1) is 5.82 Å². The molecule has 0 aliphatic carbocycles. The lowest BCUT2D eigenvalue weighted by Crippen LogP contribution is -2.54. The fraction of sp³-hybridized carbons (Fsp3) is 0.143. The van der Waals surface area contributed by atoms with Gasteiger partial charge in [-0.05, 0) is 31.2 Å². The fourth-order valence-electron chi connectivity index (χ4n) is 2.83. The first-order valence-electron chi connectivity index (χ1n) is 8.97. The van der Waals surface area contributed by atoms with E-state index in [1.807, 2.05) is 5.32 Å². The summed E-state index contributed by atoms with van der Waals surface area (Å²) in [5, 5.41) is 11.1. The molecule has 1 saturated heterocycles. The van der Waals surface area contributed by atoms with E-state index in [0.717, 1.165) is 12.1 Å². The number of carbonyl (C=O) groups is 4. The first kappa shape index (κ1) is 21.5. The second kappa shape index (κ2) is 8.66. The highest BCUT2D eigenvalue weighted by atomic mass is 19.1. The van der Waals surface area contributed by atoms with Crippen LogP contribution in [0.4, 0.5) is 14.9 Å². The van der Waals surface area contributed by atoms with Crippen LogP contribution >= 0.6 is 0 Å². The van der Waals surface area contributed by atoms with Crippen LogP contribution in [0.25, 0.3) is 6.08 Å². The van der Waals surface area contributed by atoms with Gasteiger partial charge in [0.05, 0.1) is 12.8 Å². The Bertz CT molecular complexity index is 1110. The smallest absolute Gasteiger partial charge is 0.344 e. The summed E-state index contributed by atoms with van der Waals surface area (Å²) in [4.78, 5) is 49.2. The van der Waals surface area contributed by atoms with E-state index in [2.05, 4.69) is 0 Å². The summed E-state index contributed by atoms with van der Waals surface area (Å²) in [6, 6.07) is 8.50. The van der Waals surface area contributed by atoms with Crippen molar-refractivity contribution in [1.82, 2.24) is 5.32 Å². The molecule has 0 spiro atoms. The van der Waals surface area contributed by atoms with E-state index in [-0.39, 0.29) is 22.7 Å². The highest BCUT2D eigenvalue weighted by Gasteiger charge is 2.38. The van der Waals surface area contributed by atoms with Gasteiger partial charge >= 0.3 is 12.0 Å². The molecular formula is C21H17FN2O7. The van der Waals surface area contributed by atoms with Crippen LogP contribution < -0.4 is 19.7 Å². The number of benzene rings is 2. The molecule has 3 rings (SSSR count). The number of hydrogen-bond acceptors (Lipinski definition) is 6. The quantitative estimate of drug-likeness (QED) is 0.535. The Kier molecular flexibility index (Phi) is 6.00. The number of ether oxygens (including phenoxy) is 2. The number of amides is 4. The summed E-state index contributed by atoms with van der Waals surface area (Å²) in [7, 11) is 1.33. The number of anilines is 1. The number of para-hydroxylation sites is 2. The standard InChI is InChI=1S/C21H17FN2O7/c1-11(20(27)28)31-17-12(6-5-9-16(17)30-2)10-13-18(25)23-21(29)24(19(13)26)15-8-4-3-7-14(15)22/h3-11H,1-2H3,(H,27,28)(H,23,25,29)/b13-10+/t11-/m0/s1. The summed E-state index contributed by atoms with van der Waals surface area (Å²) in [6.45, 7) is 1.29. The van der Waals surface area contributed by atoms with E-state index in [1.54, 1.807) is 0 Å². The first-order valence-corrected chi connectivity index (χ1v) is 8.97. The van der Waals surface area contributed by atoms with Crippen LogP contribution in [0.3, 0.4) is 0 Å². The SMILES string of the molecule is COc1cccc(/C=C2\C(=O)NC(=O)N(c3ccccc3F)C2=O)c1O[C@@H](C)C(=O)O. The molecule has 1 fully saturated rings. The Hall–Kier alpha value is -4.21. The average Bonchev–Trinajstić information content (AvgIpc) is 2.73. The molecule has 0 saturated carbocycles. The first-order chi connectivity index (χ1) is 14.7. The third-order valence-corrected chi connectivity index (χ3v) is 4.37. The second-order valence-electron chi connectivity index (χ2n) is 6.39. The van der Waals surface area contributed by atoms with E-state index in [9.17, 15) is 23.6 Å². The molecule has 31 heavy (non-hydrogen) atoms. The van der Waals surface area contributed by atoms with Crippen LogP contribution in [-0.4, -0.2) is 42.1 Å². The molecule has 2 N–H and O–H groups in total. The zero-order valence-corrected chi connectivity index (χ0v) is 16.4. The van der Waals surface area contributed by atoms with E-state index in [1.165, 1.54) is 50.4 Å². The number of methoxy groups -OCH3 is 1. The Morgan fingerprint density at radius 2 is 1.87 bits per heavy atom. The molecule has 1 heterocycles. The van der Waals surface area contributed by atoms with Crippen LogP contribution in [0.1, 0.15) is 12.5 Å². The van der Waals surface area contributed by atoms with Crippen LogP contribution in [0.15, 0.2) is 48.0 Å². The molecule has 9 nitrogen and oxygen atoms in total. The third-order valence-electron chi connectivity index (χ3n) is 4.37. The molecule has 2 aromatic rings. The Morgan fingerprint density at radius 1 is 1.16 bits per heavy atom. The topological polar surface area (TPSA) is 122 Å². The summed E-state index contributed by atoms with van der Waals surface area (Å²) < 4.78 is 24.8. The molecule has 0 unspecified atom stereocenters. The van der Waals surface area contributed by atoms with Gasteiger partial charge in [-0.25, -0.2) is 18.9 Å². The van der Waals surface area contributed by atoms with Crippen molar-refractivity contribution in [3.63, 3.8) is 0 Å². The lowest BCUT2D eigenvalue weighted by atomic mass is 10.1. The maximum absolute atomic E-state index is 14.2. The zero-order chi connectivity index (χ0) is 22.7. The number of carboxylic acids is 1. The van der Waals surface area contributed by atoms with Gasteiger partial charge < -0.3 is 14.6 Å². The molecule has 10 heteroatoms. The number of carboxylic acid groups (broad SMARTS) is 1. The molecule has 0 bridgehead atoms. The number of barbiturate groups is 1. The Morgan fingerprint density at radius 3 is 2.52 bits per heavy atom. The van der Waals surface area contributed by atoms with Gasteiger partial charge in [0.25, 0.3) is 11.8 Å². The third kappa shape index (κ3) is 4.22. The Balaban J connectivity index is 2.09. The van der Waals surface area contributed by atoms with Crippen molar-refractivity contribution in [3.8, 4) is 11.5 Å². The van der Waals surface area contributed by atoms with Gasteiger partial charge in [0.1, 0.15) is 11.4 Å². The van der Waals surface area contributed by atoms with Crippen molar-refractivity contribution in [2.75, 3.05) is 12.0 Å². The second-order valence-corrected chi connectivity index (χ2v) is 6.39. The maximum Gasteiger partial charge on any atom is 0.344 e. The van der Waals surface area contributed by atoms with Gasteiger partial charge in [0.2, 0.25) is 0 Å². The molecule has 1 atom stereocenters. The average molecular weight is 428 g/mol. The van der Waals surface area contributed by atoms with E-state index in [4.69, 9.17) is 14.6 Å². The fourth-order valence-corrected chi connectivity index (χ4v) is 2.83. The number of aliphatic carboxylic acids is 1. The molecular weight excluding hydrogens is 411 g/mol. The predicted molar refractivity (Wildman–Crippen MR) is 106 cm³/mol. The van der Waals surface area contributed by atoms with Crippen LogP contribution in [0.2, 0.25) is 0 Å². The number of hydrogen-bond donors (Lipinski definition) is 2. The van der Waals surface area contributed by atoms with Crippen molar-refractivity contribution in [3.05, 3.63) is 59.4 Å². The van der Waals surface area contributed by atoms with Gasteiger partial charge in [0.15, 0.2) is 17.6 Å². The van der Waals surface area contributed by atoms with E-state index < -0.39 is 41.3 Å². The molecule has 4 amide bonds. The van der Waals surface area contributed by atoms with Gasteiger partial charge in [0, 0.05) is 5.56 Å². The number of urea groups is 1. The van der Waals surface area contributed by atoms with Crippen molar-refractivity contribution in [2.24, 2.45) is 0 Å². The minimum Gasteiger partial charge on any atom is -0.493 e. The van der Waals surface area contributed by atoms with Gasteiger partial charge in [-0.3, -0.25) is 14.9 Å². The van der Waals surface area contributed by atoms with Crippen molar-refractivity contribution in [2.45, 2.75) is 13.0 Å². The summed E-state index contributed by atoms with van der Waals surface area (Å²) >= 11 is 0. The van der Waals surface area contributed by atoms with Gasteiger partial charge in [-0.15, -0.1) is 0 Å². The largest absolute Gasteiger partial charge is 0.493 e. The van der Waals surface area contributed by atoms with Gasteiger partial charge in [-0.2, -0.15) is 0 Å². The van der Waals surface area contributed by atoms with Crippen molar-refractivity contribution in [1.29, 1.82) is 0 Å². The lowest BCUT2D eigenvalue weighted by molar-refractivity contribution is -0.144. The Labute approximate surface area is 175 Å². The normalized spacial score (nSPS) is 16.2.